The summed E-state index contributed by atoms with van der Waals surface area (Å²) in [6.07, 6.45) is 12.2. The maximum absolute atomic E-state index is 12.7. The lowest BCUT2D eigenvalue weighted by Gasteiger charge is -2.60. The van der Waals surface area contributed by atoms with Crippen molar-refractivity contribution < 1.29 is 9.59 Å². The monoisotopic (exact) mass is 398 g/mol. The van der Waals surface area contributed by atoms with Crippen molar-refractivity contribution in [3.05, 3.63) is 11.1 Å². The molecule has 4 rings (SSSR count). The highest BCUT2D eigenvalue weighted by Crippen LogP contribution is 2.72. The average molecular weight is 399 g/mol. The number of rotatable bonds is 4. The van der Waals surface area contributed by atoms with E-state index in [9.17, 15) is 9.59 Å². The Morgan fingerprint density at radius 1 is 0.966 bits per heavy atom. The second-order valence-corrected chi connectivity index (χ2v) is 12.2. The third kappa shape index (κ3) is 2.72. The smallest absolute Gasteiger partial charge is 0.138 e. The number of Topliss-reactive ketones (excluding diaryl/α,β-unsaturated/α-hetero) is 1. The van der Waals surface area contributed by atoms with Crippen molar-refractivity contribution in [1.82, 2.24) is 0 Å². The minimum Gasteiger partial charge on any atom is -0.303 e. The van der Waals surface area contributed by atoms with E-state index in [2.05, 4.69) is 41.5 Å². The molecular weight excluding hydrogens is 356 g/mol. The van der Waals surface area contributed by atoms with Gasteiger partial charge in [-0.15, -0.1) is 0 Å². The third-order valence-corrected chi connectivity index (χ3v) is 11.0. The highest BCUT2D eigenvalue weighted by Gasteiger charge is 2.63. The molecule has 0 amide bonds. The molecule has 0 heterocycles. The van der Waals surface area contributed by atoms with E-state index in [1.165, 1.54) is 38.5 Å². The lowest BCUT2D eigenvalue weighted by Crippen LogP contribution is -2.53. The lowest BCUT2D eigenvalue weighted by molar-refractivity contribution is -0.139. The van der Waals surface area contributed by atoms with Crippen LogP contribution in [-0.4, -0.2) is 12.1 Å². The van der Waals surface area contributed by atoms with E-state index in [0.717, 1.165) is 31.5 Å². The van der Waals surface area contributed by atoms with E-state index in [0.29, 0.717) is 34.9 Å². The average Bonchev–Trinajstić information content (AvgIpc) is 2.95. The maximum Gasteiger partial charge on any atom is 0.138 e. The van der Waals surface area contributed by atoms with Crippen LogP contribution in [0.4, 0.5) is 0 Å². The zero-order chi connectivity index (χ0) is 21.2. The molecule has 0 aromatic carbocycles. The fourth-order valence-electron chi connectivity index (χ4n) is 8.97. The number of carbonyl (C=O) groups excluding carboxylic acids is 2. The molecule has 0 radical (unpaired) electrons. The summed E-state index contributed by atoms with van der Waals surface area (Å²) in [4.78, 5) is 23.7. The van der Waals surface area contributed by atoms with E-state index in [4.69, 9.17) is 0 Å². The Balaban J connectivity index is 1.72. The first-order valence-electron chi connectivity index (χ1n) is 12.2. The van der Waals surface area contributed by atoms with Crippen LogP contribution in [0.1, 0.15) is 106 Å². The summed E-state index contributed by atoms with van der Waals surface area (Å²) in [5.41, 5.74) is 4.26. The van der Waals surface area contributed by atoms with Gasteiger partial charge in [0.2, 0.25) is 0 Å². The fraction of sp³-hybridized carbons (Fsp3) is 0.852. The topological polar surface area (TPSA) is 34.1 Å². The second kappa shape index (κ2) is 6.79. The fourth-order valence-corrected chi connectivity index (χ4v) is 8.97. The van der Waals surface area contributed by atoms with Gasteiger partial charge >= 0.3 is 0 Å². The van der Waals surface area contributed by atoms with Crippen LogP contribution >= 0.6 is 0 Å². The van der Waals surface area contributed by atoms with E-state index < -0.39 is 0 Å². The van der Waals surface area contributed by atoms with Crippen LogP contribution in [0.25, 0.3) is 0 Å². The highest BCUT2D eigenvalue weighted by molar-refractivity contribution is 5.85. The standard InChI is InChI=1S/C27H42O2/c1-18(8-7-17-28)19-11-15-27(6)21-9-10-22-24(2,3)23(29)13-14-25(22,4)20(21)12-16-26(19,27)5/h17-19,22H,7-16H2,1-6H3/t18-,19+,22+,25-,26+,27-/m1/s1. The molecule has 0 aromatic rings. The Morgan fingerprint density at radius 2 is 1.69 bits per heavy atom. The molecule has 6 atom stereocenters. The number of hydrogen-bond acceptors (Lipinski definition) is 2. The van der Waals surface area contributed by atoms with Crippen molar-refractivity contribution in [2.24, 2.45) is 39.4 Å². The van der Waals surface area contributed by atoms with Crippen molar-refractivity contribution in [2.75, 3.05) is 0 Å². The molecule has 2 nitrogen and oxygen atoms in total. The summed E-state index contributed by atoms with van der Waals surface area (Å²) in [5.74, 6) is 2.36. The summed E-state index contributed by atoms with van der Waals surface area (Å²) in [6, 6.07) is 0. The molecule has 4 aliphatic carbocycles. The summed E-state index contributed by atoms with van der Waals surface area (Å²) >= 11 is 0. The normalized spacial score (nSPS) is 44.7. The van der Waals surface area contributed by atoms with Crippen LogP contribution in [0.2, 0.25) is 0 Å². The molecule has 0 spiro atoms. The number of aldehydes is 1. The Kier molecular flexibility index (Phi) is 4.99. The van der Waals surface area contributed by atoms with Crippen LogP contribution < -0.4 is 0 Å². The molecular formula is C27H42O2. The summed E-state index contributed by atoms with van der Waals surface area (Å²) in [5, 5.41) is 0. The SMILES string of the molecule is C[C@H](CCC=O)[C@@H]1CC[C@]2(C)C3=C(CC[C@@]12C)[C@@]1(C)CCC(=O)C(C)(C)[C@@H]1CC3. The minimum absolute atomic E-state index is 0.172. The van der Waals surface area contributed by atoms with Gasteiger partial charge < -0.3 is 4.79 Å². The van der Waals surface area contributed by atoms with Gasteiger partial charge in [0.25, 0.3) is 0 Å². The van der Waals surface area contributed by atoms with Crippen LogP contribution in [0.15, 0.2) is 11.1 Å². The molecule has 2 heteroatoms. The number of allylic oxidation sites excluding steroid dienone is 2. The van der Waals surface area contributed by atoms with Crippen LogP contribution in [0.3, 0.4) is 0 Å². The number of carbonyl (C=O) groups is 2. The largest absolute Gasteiger partial charge is 0.303 e. The first-order chi connectivity index (χ1) is 13.5. The molecule has 4 aliphatic rings. The molecule has 162 valence electrons. The molecule has 0 aliphatic heterocycles. The molecule has 0 unspecified atom stereocenters. The second-order valence-electron chi connectivity index (χ2n) is 12.2. The van der Waals surface area contributed by atoms with Gasteiger partial charge in [-0.1, -0.05) is 52.7 Å². The summed E-state index contributed by atoms with van der Waals surface area (Å²) in [6.45, 7) is 14.5. The van der Waals surface area contributed by atoms with Gasteiger partial charge in [0.15, 0.2) is 0 Å². The summed E-state index contributed by atoms with van der Waals surface area (Å²) < 4.78 is 0. The number of hydrogen-bond donors (Lipinski definition) is 0. The van der Waals surface area contributed by atoms with Gasteiger partial charge in [-0.05, 0) is 85.4 Å². The van der Waals surface area contributed by atoms with Crippen molar-refractivity contribution in [3.8, 4) is 0 Å². The van der Waals surface area contributed by atoms with Gasteiger partial charge in [-0.3, -0.25) is 4.79 Å². The first kappa shape index (κ1) is 21.3. The minimum atomic E-state index is -0.172. The predicted octanol–water partition coefficient (Wildman–Crippen LogP) is 6.92. The maximum atomic E-state index is 12.7. The van der Waals surface area contributed by atoms with Gasteiger partial charge in [0, 0.05) is 18.3 Å². The van der Waals surface area contributed by atoms with Crippen molar-refractivity contribution in [1.29, 1.82) is 0 Å². The molecule has 0 saturated heterocycles. The highest BCUT2D eigenvalue weighted by atomic mass is 16.1. The molecule has 2 fully saturated rings. The van der Waals surface area contributed by atoms with Gasteiger partial charge in [0.05, 0.1) is 0 Å². The van der Waals surface area contributed by atoms with Crippen molar-refractivity contribution in [3.63, 3.8) is 0 Å². The first-order valence-corrected chi connectivity index (χ1v) is 12.2. The van der Waals surface area contributed by atoms with Crippen molar-refractivity contribution in [2.45, 2.75) is 106 Å². The number of ketones is 1. The van der Waals surface area contributed by atoms with Crippen molar-refractivity contribution >= 4 is 12.1 Å². The Bertz CT molecular complexity index is 746. The van der Waals surface area contributed by atoms with Crippen LogP contribution in [0, 0.1) is 39.4 Å². The molecule has 0 N–H and O–H groups in total. The Morgan fingerprint density at radius 3 is 2.38 bits per heavy atom. The van der Waals surface area contributed by atoms with Gasteiger partial charge in [-0.2, -0.15) is 0 Å². The summed E-state index contributed by atoms with van der Waals surface area (Å²) in [7, 11) is 0. The van der Waals surface area contributed by atoms with E-state index >= 15 is 0 Å². The molecule has 2 saturated carbocycles. The van der Waals surface area contributed by atoms with Crippen LogP contribution in [0.5, 0.6) is 0 Å². The lowest BCUT2D eigenvalue weighted by atomic mass is 9.43. The quantitative estimate of drug-likeness (QED) is 0.380. The molecule has 29 heavy (non-hydrogen) atoms. The van der Waals surface area contributed by atoms with Gasteiger partial charge in [-0.25, -0.2) is 0 Å². The zero-order valence-corrected chi connectivity index (χ0v) is 19.7. The Hall–Kier alpha value is -0.920. The van der Waals surface area contributed by atoms with E-state index in [1.807, 2.05) is 0 Å². The van der Waals surface area contributed by atoms with Gasteiger partial charge in [0.1, 0.15) is 12.1 Å². The van der Waals surface area contributed by atoms with E-state index in [1.54, 1.807) is 11.1 Å². The molecule has 0 aromatic heterocycles. The zero-order valence-electron chi connectivity index (χ0n) is 19.7. The van der Waals surface area contributed by atoms with Crippen LogP contribution in [-0.2, 0) is 9.59 Å². The third-order valence-electron chi connectivity index (χ3n) is 11.0. The number of fused-ring (bicyclic) bond motifs is 4. The predicted molar refractivity (Wildman–Crippen MR) is 119 cm³/mol. The molecule has 0 bridgehead atoms. The van der Waals surface area contributed by atoms with E-state index in [-0.39, 0.29) is 10.8 Å². The Labute approximate surface area is 178 Å².